The summed E-state index contributed by atoms with van der Waals surface area (Å²) < 4.78 is 0. The molecule has 2 N–H and O–H groups in total. The minimum Gasteiger partial charge on any atom is -0.410 e. The van der Waals surface area contributed by atoms with Gasteiger partial charge in [0.2, 0.25) is 5.71 Å². The number of amides is 1. The molecule has 5 nitrogen and oxygen atoms in total. The Bertz CT molecular complexity index is 429. The van der Waals surface area contributed by atoms with Crippen molar-refractivity contribution in [3.63, 3.8) is 0 Å². The van der Waals surface area contributed by atoms with Crippen LogP contribution in [0, 0.1) is 18.3 Å². The summed E-state index contributed by atoms with van der Waals surface area (Å²) in [5, 5.41) is 21.7. The van der Waals surface area contributed by atoms with E-state index in [1.54, 1.807) is 12.1 Å². The number of benzene rings is 1. The highest BCUT2D eigenvalue weighted by atomic mass is 16.4. The number of nitrogens with zero attached hydrogens (tertiary/aromatic N) is 2. The van der Waals surface area contributed by atoms with E-state index in [4.69, 9.17) is 10.5 Å². The van der Waals surface area contributed by atoms with Crippen molar-refractivity contribution < 1.29 is 10.0 Å². The molecule has 0 unspecified atom stereocenters. The molecule has 0 aliphatic heterocycles. The van der Waals surface area contributed by atoms with Crippen LogP contribution in [-0.4, -0.2) is 16.8 Å². The first-order valence-electron chi connectivity index (χ1n) is 4.17. The molecular formula is C10H9N3O2. The van der Waals surface area contributed by atoms with E-state index in [1.165, 1.54) is 6.07 Å². The smallest absolute Gasteiger partial charge is 0.288 e. The summed E-state index contributed by atoms with van der Waals surface area (Å²) in [4.78, 5) is 11.2. The van der Waals surface area contributed by atoms with Gasteiger partial charge in [-0.25, -0.2) is 0 Å². The summed E-state index contributed by atoms with van der Waals surface area (Å²) in [7, 11) is 0. The molecule has 0 saturated heterocycles. The molecule has 76 valence electrons. The highest BCUT2D eigenvalue weighted by molar-refractivity contribution is 6.48. The molecule has 1 aromatic carbocycles. The van der Waals surface area contributed by atoms with Gasteiger partial charge in [0.05, 0.1) is 0 Å². The fourth-order valence-corrected chi connectivity index (χ4v) is 0.946. The quantitative estimate of drug-likeness (QED) is 0.431. The fraction of sp³-hybridized carbons (Fsp3) is 0.100. The van der Waals surface area contributed by atoms with Gasteiger partial charge in [-0.3, -0.25) is 4.79 Å². The predicted molar refractivity (Wildman–Crippen MR) is 54.6 cm³/mol. The molecule has 0 fully saturated rings. The third kappa shape index (κ3) is 2.81. The van der Waals surface area contributed by atoms with Gasteiger partial charge in [-0.2, -0.15) is 5.26 Å². The standard InChI is InChI=1S/C10H9N3O2/c1-7-2-4-8(5-3-7)12-10(14)9(6-11)13-15/h2-5,15H,1H3,(H,12,14)/b13-9-. The molecule has 0 heterocycles. The molecule has 0 bridgehead atoms. The monoisotopic (exact) mass is 203 g/mol. The van der Waals surface area contributed by atoms with Gasteiger partial charge >= 0.3 is 0 Å². The molecule has 0 spiro atoms. The summed E-state index contributed by atoms with van der Waals surface area (Å²) >= 11 is 0. The van der Waals surface area contributed by atoms with Gasteiger partial charge in [-0.05, 0) is 19.1 Å². The van der Waals surface area contributed by atoms with Crippen molar-refractivity contribution in [3.05, 3.63) is 29.8 Å². The predicted octanol–water partition coefficient (Wildman–Crippen LogP) is 1.29. The molecular weight excluding hydrogens is 194 g/mol. The highest BCUT2D eigenvalue weighted by Gasteiger charge is 2.10. The van der Waals surface area contributed by atoms with Crippen molar-refractivity contribution in [3.8, 4) is 6.07 Å². The van der Waals surface area contributed by atoms with Crippen LogP contribution < -0.4 is 5.32 Å². The van der Waals surface area contributed by atoms with Crippen LogP contribution in [0.25, 0.3) is 0 Å². The Labute approximate surface area is 86.6 Å². The van der Waals surface area contributed by atoms with E-state index in [2.05, 4.69) is 10.5 Å². The molecule has 1 amide bonds. The SMILES string of the molecule is Cc1ccc(NC(=O)/C(C#N)=N\O)cc1. The van der Waals surface area contributed by atoms with E-state index < -0.39 is 11.6 Å². The van der Waals surface area contributed by atoms with Crippen molar-refractivity contribution >= 4 is 17.3 Å². The molecule has 0 saturated carbocycles. The van der Waals surface area contributed by atoms with Crippen LogP contribution in [0.1, 0.15) is 5.56 Å². The maximum absolute atomic E-state index is 11.2. The largest absolute Gasteiger partial charge is 0.410 e. The van der Waals surface area contributed by atoms with Crippen LogP contribution >= 0.6 is 0 Å². The lowest BCUT2D eigenvalue weighted by atomic mass is 10.2. The second-order valence-corrected chi connectivity index (χ2v) is 2.88. The first-order chi connectivity index (χ1) is 7.17. The van der Waals surface area contributed by atoms with Gasteiger partial charge in [0, 0.05) is 5.69 Å². The topological polar surface area (TPSA) is 85.5 Å². The molecule has 0 aliphatic carbocycles. The van der Waals surface area contributed by atoms with E-state index in [0.29, 0.717) is 5.69 Å². The lowest BCUT2D eigenvalue weighted by Crippen LogP contribution is -2.21. The summed E-state index contributed by atoms with van der Waals surface area (Å²) in [6.07, 6.45) is 0. The molecule has 15 heavy (non-hydrogen) atoms. The van der Waals surface area contributed by atoms with E-state index in [9.17, 15) is 4.79 Å². The number of anilines is 1. The summed E-state index contributed by atoms with van der Waals surface area (Å²) in [5.74, 6) is -0.733. The Morgan fingerprint density at radius 3 is 2.53 bits per heavy atom. The van der Waals surface area contributed by atoms with Crippen molar-refractivity contribution in [2.24, 2.45) is 5.16 Å². The molecule has 0 radical (unpaired) electrons. The second-order valence-electron chi connectivity index (χ2n) is 2.88. The van der Waals surface area contributed by atoms with E-state index in [1.807, 2.05) is 19.1 Å². The van der Waals surface area contributed by atoms with Crippen LogP contribution in [0.4, 0.5) is 5.69 Å². The van der Waals surface area contributed by atoms with Gasteiger partial charge in [-0.15, -0.1) is 0 Å². The number of hydrogen-bond donors (Lipinski definition) is 2. The van der Waals surface area contributed by atoms with Crippen LogP contribution in [0.2, 0.25) is 0 Å². The molecule has 5 heteroatoms. The maximum Gasteiger partial charge on any atom is 0.288 e. The second kappa shape index (κ2) is 4.77. The number of rotatable bonds is 2. The summed E-state index contributed by atoms with van der Waals surface area (Å²) in [6, 6.07) is 8.49. The minimum atomic E-state index is -0.733. The van der Waals surface area contributed by atoms with Crippen molar-refractivity contribution in [1.29, 1.82) is 5.26 Å². The van der Waals surface area contributed by atoms with Gasteiger partial charge < -0.3 is 10.5 Å². The number of nitriles is 1. The number of carbonyl (C=O) groups excluding carboxylic acids is 1. The molecule has 1 rings (SSSR count). The first kappa shape index (κ1) is 10.7. The summed E-state index contributed by atoms with van der Waals surface area (Å²) in [5.41, 5.74) is 1.03. The Hall–Kier alpha value is -2.35. The van der Waals surface area contributed by atoms with Crippen LogP contribution in [0.5, 0.6) is 0 Å². The molecule has 1 aromatic rings. The Morgan fingerprint density at radius 2 is 2.07 bits per heavy atom. The van der Waals surface area contributed by atoms with Gasteiger partial charge in [-0.1, -0.05) is 22.9 Å². The average molecular weight is 203 g/mol. The zero-order valence-electron chi connectivity index (χ0n) is 8.06. The lowest BCUT2D eigenvalue weighted by Gasteiger charge is -2.02. The highest BCUT2D eigenvalue weighted by Crippen LogP contribution is 2.08. The summed E-state index contributed by atoms with van der Waals surface area (Å²) in [6.45, 7) is 1.92. The van der Waals surface area contributed by atoms with E-state index in [-0.39, 0.29) is 0 Å². The Balaban J connectivity index is 2.76. The molecule has 0 aliphatic rings. The molecule has 0 aromatic heterocycles. The zero-order chi connectivity index (χ0) is 11.3. The number of hydrogen-bond acceptors (Lipinski definition) is 4. The lowest BCUT2D eigenvalue weighted by molar-refractivity contribution is -0.110. The molecule has 0 atom stereocenters. The normalized spacial score (nSPS) is 10.5. The van der Waals surface area contributed by atoms with Crippen molar-refractivity contribution in [2.75, 3.05) is 5.32 Å². The van der Waals surface area contributed by atoms with Gasteiger partial charge in [0.25, 0.3) is 5.91 Å². The van der Waals surface area contributed by atoms with Crippen molar-refractivity contribution in [2.45, 2.75) is 6.92 Å². The van der Waals surface area contributed by atoms with E-state index in [0.717, 1.165) is 5.56 Å². The Morgan fingerprint density at radius 1 is 1.47 bits per heavy atom. The fourth-order valence-electron chi connectivity index (χ4n) is 0.946. The number of aryl methyl sites for hydroxylation is 1. The zero-order valence-corrected chi connectivity index (χ0v) is 8.06. The number of carbonyl (C=O) groups is 1. The van der Waals surface area contributed by atoms with Crippen molar-refractivity contribution in [1.82, 2.24) is 0 Å². The Kier molecular flexibility index (Phi) is 3.41. The first-order valence-corrected chi connectivity index (χ1v) is 4.17. The van der Waals surface area contributed by atoms with Crippen LogP contribution in [0.15, 0.2) is 29.4 Å². The third-order valence-electron chi connectivity index (χ3n) is 1.73. The van der Waals surface area contributed by atoms with Crippen LogP contribution in [-0.2, 0) is 4.79 Å². The van der Waals surface area contributed by atoms with Crippen LogP contribution in [0.3, 0.4) is 0 Å². The minimum absolute atomic E-state index is 0.544. The van der Waals surface area contributed by atoms with Gasteiger partial charge in [0.1, 0.15) is 6.07 Å². The van der Waals surface area contributed by atoms with E-state index >= 15 is 0 Å². The maximum atomic E-state index is 11.2. The average Bonchev–Trinajstić information content (AvgIpc) is 2.23. The number of nitrogens with one attached hydrogen (secondary N) is 1. The number of oxime groups is 1. The van der Waals surface area contributed by atoms with Gasteiger partial charge in [0.15, 0.2) is 0 Å². The third-order valence-corrected chi connectivity index (χ3v) is 1.73.